The Kier molecular flexibility index (Phi) is 2.94. The minimum Gasteiger partial charge on any atom is -0.391 e. The van der Waals surface area contributed by atoms with Gasteiger partial charge in [-0.15, -0.1) is 0 Å². The molecule has 0 radical (unpaired) electrons. The molecule has 18 heavy (non-hydrogen) atoms. The average Bonchev–Trinajstić information content (AvgIpc) is 2.70. The highest BCUT2D eigenvalue weighted by molar-refractivity contribution is 7.91. The van der Waals surface area contributed by atoms with E-state index < -0.39 is 9.84 Å². The molecule has 1 aromatic heterocycles. The second-order valence-electron chi connectivity index (χ2n) is 5.36. The van der Waals surface area contributed by atoms with Crippen molar-refractivity contribution in [2.45, 2.75) is 44.2 Å². The van der Waals surface area contributed by atoms with Gasteiger partial charge in [0, 0.05) is 17.8 Å². The third-order valence-electron chi connectivity index (χ3n) is 3.92. The Bertz CT molecular complexity index is 550. The van der Waals surface area contributed by atoms with Crippen LogP contribution in [0.4, 0.5) is 0 Å². The zero-order valence-corrected chi connectivity index (χ0v) is 11.1. The first kappa shape index (κ1) is 12.2. The molecular formula is C12H18N2O3S. The van der Waals surface area contributed by atoms with Gasteiger partial charge in [0.25, 0.3) is 0 Å². The van der Waals surface area contributed by atoms with Gasteiger partial charge in [0.1, 0.15) is 5.82 Å². The Morgan fingerprint density at radius 2 is 2.22 bits per heavy atom. The predicted molar refractivity (Wildman–Crippen MR) is 67.2 cm³/mol. The van der Waals surface area contributed by atoms with Crippen LogP contribution in [0, 0.1) is 0 Å². The highest BCUT2D eigenvalue weighted by Gasteiger charge is 2.31. The number of aliphatic hydroxyl groups excluding tert-OH is 1. The first-order valence-corrected chi connectivity index (χ1v) is 8.30. The molecule has 1 fully saturated rings. The van der Waals surface area contributed by atoms with Crippen LogP contribution in [-0.4, -0.2) is 40.7 Å². The van der Waals surface area contributed by atoms with Gasteiger partial charge in [0.2, 0.25) is 0 Å². The Balaban J connectivity index is 1.91. The van der Waals surface area contributed by atoms with E-state index >= 15 is 0 Å². The molecule has 1 N–H and O–H groups in total. The lowest BCUT2D eigenvalue weighted by Crippen LogP contribution is -2.30. The summed E-state index contributed by atoms with van der Waals surface area (Å²) in [5.74, 6) is 1.37. The van der Waals surface area contributed by atoms with Gasteiger partial charge in [-0.25, -0.2) is 13.4 Å². The standard InChI is InChI=1S/C12H18N2O3S/c15-11-4-3-10-6-13-12(14(10)7-11)9-2-1-5-18(16,17)8-9/h6,9,11,15H,1-5,7-8H2. The molecule has 100 valence electrons. The molecule has 3 rings (SSSR count). The summed E-state index contributed by atoms with van der Waals surface area (Å²) in [6, 6.07) is 0. The Morgan fingerprint density at radius 3 is 3.00 bits per heavy atom. The third-order valence-corrected chi connectivity index (χ3v) is 5.75. The van der Waals surface area contributed by atoms with Crippen LogP contribution >= 0.6 is 0 Å². The molecular weight excluding hydrogens is 252 g/mol. The highest BCUT2D eigenvalue weighted by Crippen LogP contribution is 2.30. The summed E-state index contributed by atoms with van der Waals surface area (Å²) in [5, 5.41) is 9.73. The van der Waals surface area contributed by atoms with Crippen LogP contribution in [0.15, 0.2) is 6.20 Å². The van der Waals surface area contributed by atoms with E-state index in [1.54, 1.807) is 0 Å². The van der Waals surface area contributed by atoms with Gasteiger partial charge in [0.15, 0.2) is 9.84 Å². The predicted octanol–water partition coefficient (Wildman–Crippen LogP) is 0.482. The van der Waals surface area contributed by atoms with Crippen molar-refractivity contribution in [3.8, 4) is 0 Å². The summed E-state index contributed by atoms with van der Waals surface area (Å²) < 4.78 is 25.4. The molecule has 0 spiro atoms. The zero-order chi connectivity index (χ0) is 12.8. The summed E-state index contributed by atoms with van der Waals surface area (Å²) in [7, 11) is -2.91. The lowest BCUT2D eigenvalue weighted by Gasteiger charge is -2.26. The normalized spacial score (nSPS) is 30.9. The number of nitrogens with zero attached hydrogens (tertiary/aromatic N) is 2. The van der Waals surface area contributed by atoms with Crippen molar-refractivity contribution in [1.82, 2.24) is 9.55 Å². The summed E-state index contributed by atoms with van der Waals surface area (Å²) in [6.07, 6.45) is 4.71. The van der Waals surface area contributed by atoms with Gasteiger partial charge >= 0.3 is 0 Å². The first-order valence-electron chi connectivity index (χ1n) is 6.48. The molecule has 1 saturated heterocycles. The van der Waals surface area contributed by atoms with Crippen LogP contribution in [0.2, 0.25) is 0 Å². The summed E-state index contributed by atoms with van der Waals surface area (Å²) >= 11 is 0. The van der Waals surface area contributed by atoms with Crippen molar-refractivity contribution < 1.29 is 13.5 Å². The van der Waals surface area contributed by atoms with Crippen molar-refractivity contribution in [2.75, 3.05) is 11.5 Å². The monoisotopic (exact) mass is 270 g/mol. The second-order valence-corrected chi connectivity index (χ2v) is 7.59. The van der Waals surface area contributed by atoms with E-state index in [0.29, 0.717) is 12.3 Å². The molecule has 0 saturated carbocycles. The van der Waals surface area contributed by atoms with Crippen LogP contribution in [0.3, 0.4) is 0 Å². The van der Waals surface area contributed by atoms with Crippen LogP contribution in [0.25, 0.3) is 0 Å². The van der Waals surface area contributed by atoms with Crippen molar-refractivity contribution in [1.29, 1.82) is 0 Å². The number of aliphatic hydroxyl groups is 1. The van der Waals surface area contributed by atoms with Gasteiger partial charge in [-0.1, -0.05) is 0 Å². The zero-order valence-electron chi connectivity index (χ0n) is 10.2. The van der Waals surface area contributed by atoms with Gasteiger partial charge < -0.3 is 9.67 Å². The van der Waals surface area contributed by atoms with Crippen molar-refractivity contribution in [2.24, 2.45) is 0 Å². The highest BCUT2D eigenvalue weighted by atomic mass is 32.2. The smallest absolute Gasteiger partial charge is 0.151 e. The molecule has 2 aliphatic rings. The topological polar surface area (TPSA) is 72.2 Å². The number of sulfone groups is 1. The number of aryl methyl sites for hydroxylation is 1. The summed E-state index contributed by atoms with van der Waals surface area (Å²) in [5.41, 5.74) is 1.12. The van der Waals surface area contributed by atoms with Gasteiger partial charge in [-0.05, 0) is 25.7 Å². The summed E-state index contributed by atoms with van der Waals surface area (Å²) in [4.78, 5) is 4.41. The Hall–Kier alpha value is -0.880. The van der Waals surface area contributed by atoms with Crippen molar-refractivity contribution >= 4 is 9.84 Å². The molecule has 0 aromatic carbocycles. The van der Waals surface area contributed by atoms with Gasteiger partial charge in [-0.2, -0.15) is 0 Å². The minimum absolute atomic E-state index is 0.00259. The van der Waals surface area contributed by atoms with Gasteiger partial charge in [0.05, 0.1) is 24.2 Å². The molecule has 2 aliphatic heterocycles. The minimum atomic E-state index is -2.91. The molecule has 0 amide bonds. The summed E-state index contributed by atoms with van der Waals surface area (Å²) in [6.45, 7) is 0.557. The maximum absolute atomic E-state index is 11.7. The number of hydrogen-bond donors (Lipinski definition) is 1. The molecule has 2 atom stereocenters. The average molecular weight is 270 g/mol. The van der Waals surface area contributed by atoms with E-state index in [2.05, 4.69) is 4.98 Å². The van der Waals surface area contributed by atoms with E-state index in [1.165, 1.54) is 0 Å². The SMILES string of the molecule is O=S1(=O)CCCC(c2ncc3n2CC(O)CC3)C1. The molecule has 0 aliphatic carbocycles. The largest absolute Gasteiger partial charge is 0.391 e. The molecule has 2 unspecified atom stereocenters. The molecule has 5 nitrogen and oxygen atoms in total. The number of fused-ring (bicyclic) bond motifs is 1. The van der Waals surface area contributed by atoms with Gasteiger partial charge in [-0.3, -0.25) is 0 Å². The van der Waals surface area contributed by atoms with Crippen LogP contribution in [0.1, 0.15) is 36.7 Å². The molecule has 1 aromatic rings. The maximum Gasteiger partial charge on any atom is 0.151 e. The van der Waals surface area contributed by atoms with E-state index in [1.807, 2.05) is 10.8 Å². The molecule has 0 bridgehead atoms. The quantitative estimate of drug-likeness (QED) is 0.806. The second kappa shape index (κ2) is 4.35. The van der Waals surface area contributed by atoms with E-state index in [4.69, 9.17) is 0 Å². The first-order chi connectivity index (χ1) is 8.55. The lowest BCUT2D eigenvalue weighted by molar-refractivity contribution is 0.129. The van der Waals surface area contributed by atoms with E-state index in [0.717, 1.165) is 37.2 Å². The Morgan fingerprint density at radius 1 is 1.39 bits per heavy atom. The Labute approximate surface area is 107 Å². The van der Waals surface area contributed by atoms with E-state index in [-0.39, 0.29) is 17.8 Å². The lowest BCUT2D eigenvalue weighted by atomic mass is 10.0. The fourth-order valence-electron chi connectivity index (χ4n) is 3.01. The van der Waals surface area contributed by atoms with Crippen LogP contribution in [-0.2, 0) is 22.8 Å². The van der Waals surface area contributed by atoms with Crippen LogP contribution < -0.4 is 0 Å². The third kappa shape index (κ3) is 2.19. The van der Waals surface area contributed by atoms with Crippen molar-refractivity contribution in [3.05, 3.63) is 17.7 Å². The maximum atomic E-state index is 11.7. The number of rotatable bonds is 1. The number of imidazole rings is 1. The fraction of sp³-hybridized carbons (Fsp3) is 0.750. The fourth-order valence-corrected chi connectivity index (χ4v) is 4.71. The van der Waals surface area contributed by atoms with Crippen molar-refractivity contribution in [3.63, 3.8) is 0 Å². The van der Waals surface area contributed by atoms with Crippen LogP contribution in [0.5, 0.6) is 0 Å². The molecule has 3 heterocycles. The number of aromatic nitrogens is 2. The number of hydrogen-bond acceptors (Lipinski definition) is 4. The molecule has 6 heteroatoms. The van der Waals surface area contributed by atoms with E-state index in [9.17, 15) is 13.5 Å².